The molecule has 0 aromatic heterocycles. The minimum Gasteiger partial charge on any atom is -0.480 e. The zero-order valence-electron chi connectivity index (χ0n) is 13.9. The number of hydrogen-bond donors (Lipinski definition) is 2. The third-order valence-electron chi connectivity index (χ3n) is 5.22. The Kier molecular flexibility index (Phi) is 5.82. The summed E-state index contributed by atoms with van der Waals surface area (Å²) >= 11 is 1.87. The van der Waals surface area contributed by atoms with E-state index >= 15 is 0 Å². The van der Waals surface area contributed by atoms with Gasteiger partial charge in [0, 0.05) is 5.92 Å². The molecule has 1 aromatic carbocycles. The van der Waals surface area contributed by atoms with Gasteiger partial charge in [0.05, 0.1) is 0 Å². The zero-order valence-corrected chi connectivity index (χ0v) is 14.7. The van der Waals surface area contributed by atoms with Gasteiger partial charge in [0.2, 0.25) is 5.91 Å². The van der Waals surface area contributed by atoms with Crippen molar-refractivity contribution in [2.45, 2.75) is 50.5 Å². The van der Waals surface area contributed by atoms with Crippen LogP contribution in [0.2, 0.25) is 0 Å². The molecule has 0 bridgehead atoms. The predicted octanol–water partition coefficient (Wildman–Crippen LogP) is 3.21. The second-order valence-corrected chi connectivity index (χ2v) is 8.03. The van der Waals surface area contributed by atoms with Crippen LogP contribution in [0.3, 0.4) is 0 Å². The predicted molar refractivity (Wildman–Crippen MR) is 96.4 cm³/mol. The first kappa shape index (κ1) is 17.3. The lowest BCUT2D eigenvalue weighted by atomic mass is 9.79. The van der Waals surface area contributed by atoms with Gasteiger partial charge in [-0.2, -0.15) is 11.8 Å². The molecule has 3 rings (SSSR count). The Morgan fingerprint density at radius 2 is 1.96 bits per heavy atom. The normalized spacial score (nSPS) is 22.4. The molecule has 0 radical (unpaired) electrons. The van der Waals surface area contributed by atoms with E-state index < -0.39 is 12.0 Å². The van der Waals surface area contributed by atoms with E-state index in [1.807, 2.05) is 23.9 Å². The van der Waals surface area contributed by atoms with Crippen LogP contribution in [-0.4, -0.2) is 34.5 Å². The first-order chi connectivity index (χ1) is 11.6. The molecule has 2 aliphatic rings. The van der Waals surface area contributed by atoms with Crippen LogP contribution < -0.4 is 5.32 Å². The van der Waals surface area contributed by atoms with Crippen LogP contribution >= 0.6 is 11.8 Å². The van der Waals surface area contributed by atoms with Crippen molar-refractivity contribution in [1.82, 2.24) is 5.32 Å². The summed E-state index contributed by atoms with van der Waals surface area (Å²) in [6.07, 6.45) is 5.35. The van der Waals surface area contributed by atoms with Crippen molar-refractivity contribution in [2.24, 2.45) is 5.92 Å². The first-order valence-electron chi connectivity index (χ1n) is 8.84. The zero-order chi connectivity index (χ0) is 16.9. The van der Waals surface area contributed by atoms with Crippen molar-refractivity contribution in [3.63, 3.8) is 0 Å². The van der Waals surface area contributed by atoms with E-state index in [-0.39, 0.29) is 17.7 Å². The third kappa shape index (κ3) is 4.12. The lowest BCUT2D eigenvalue weighted by molar-refractivity contribution is -0.142. The highest BCUT2D eigenvalue weighted by Crippen LogP contribution is 2.34. The lowest BCUT2D eigenvalue weighted by Gasteiger charge is -2.29. The van der Waals surface area contributed by atoms with Crippen molar-refractivity contribution in [3.8, 4) is 0 Å². The van der Waals surface area contributed by atoms with Crippen molar-refractivity contribution < 1.29 is 14.7 Å². The summed E-state index contributed by atoms with van der Waals surface area (Å²) in [4.78, 5) is 24.1. The number of rotatable bonds is 5. The number of fused-ring (bicyclic) bond motifs is 1. The molecule has 1 heterocycles. The molecule has 1 aliphatic carbocycles. The summed E-state index contributed by atoms with van der Waals surface area (Å²) in [6.45, 7) is 0. The number of carbonyl (C=O) groups is 2. The molecule has 1 aromatic rings. The van der Waals surface area contributed by atoms with E-state index in [1.54, 1.807) is 0 Å². The highest BCUT2D eigenvalue weighted by atomic mass is 32.2. The molecule has 1 fully saturated rings. The Bertz CT molecular complexity index is 598. The van der Waals surface area contributed by atoms with E-state index in [4.69, 9.17) is 0 Å². The van der Waals surface area contributed by atoms with Crippen molar-refractivity contribution in [3.05, 3.63) is 35.4 Å². The summed E-state index contributed by atoms with van der Waals surface area (Å²) in [5.41, 5.74) is 2.59. The van der Waals surface area contributed by atoms with Gasteiger partial charge in [-0.05, 0) is 67.1 Å². The van der Waals surface area contributed by atoms with Gasteiger partial charge in [0.25, 0.3) is 0 Å². The van der Waals surface area contributed by atoms with Crippen molar-refractivity contribution in [2.75, 3.05) is 11.5 Å². The molecule has 5 heteroatoms. The molecular weight excluding hydrogens is 322 g/mol. The molecule has 2 atom stereocenters. The molecule has 1 amide bonds. The second kappa shape index (κ2) is 8.06. The van der Waals surface area contributed by atoms with Gasteiger partial charge in [0.1, 0.15) is 6.04 Å². The number of thioether (sulfide) groups is 1. The number of carboxylic acids is 1. The number of carbonyl (C=O) groups excluding carboxylic acids is 1. The highest BCUT2D eigenvalue weighted by molar-refractivity contribution is 7.99. The molecule has 2 unspecified atom stereocenters. The summed E-state index contributed by atoms with van der Waals surface area (Å²) < 4.78 is 0. The number of amides is 1. The maximum Gasteiger partial charge on any atom is 0.326 e. The quantitative estimate of drug-likeness (QED) is 0.858. The number of benzene rings is 1. The Balaban J connectivity index is 1.66. The number of carboxylic acid groups (broad SMARTS) is 1. The minimum absolute atomic E-state index is 0.0215. The maximum absolute atomic E-state index is 12.4. The molecule has 0 saturated carbocycles. The van der Waals surface area contributed by atoms with E-state index in [0.29, 0.717) is 6.42 Å². The smallest absolute Gasteiger partial charge is 0.326 e. The van der Waals surface area contributed by atoms with Crippen LogP contribution in [0.5, 0.6) is 0 Å². The fraction of sp³-hybridized carbons (Fsp3) is 0.579. The molecule has 0 spiro atoms. The van der Waals surface area contributed by atoms with Gasteiger partial charge >= 0.3 is 5.97 Å². The monoisotopic (exact) mass is 347 g/mol. The number of aliphatic carboxylic acids is 1. The van der Waals surface area contributed by atoms with Gasteiger partial charge in [-0.3, -0.25) is 4.79 Å². The van der Waals surface area contributed by atoms with Crippen LogP contribution in [0.25, 0.3) is 0 Å². The van der Waals surface area contributed by atoms with Gasteiger partial charge in [0.15, 0.2) is 0 Å². The van der Waals surface area contributed by atoms with Gasteiger partial charge in [-0.1, -0.05) is 24.3 Å². The second-order valence-electron chi connectivity index (χ2n) is 6.81. The van der Waals surface area contributed by atoms with Crippen molar-refractivity contribution in [1.29, 1.82) is 0 Å². The van der Waals surface area contributed by atoms with Gasteiger partial charge < -0.3 is 10.4 Å². The molecular formula is C19H25NO3S. The molecule has 130 valence electrons. The molecule has 4 nitrogen and oxygen atoms in total. The van der Waals surface area contributed by atoms with Crippen LogP contribution in [0, 0.1) is 5.92 Å². The summed E-state index contributed by atoms with van der Waals surface area (Å²) in [5, 5.41) is 12.4. The molecule has 1 aliphatic heterocycles. The molecule has 24 heavy (non-hydrogen) atoms. The number of aryl methyl sites for hydroxylation is 1. The Hall–Kier alpha value is -1.49. The molecule has 2 N–H and O–H groups in total. The van der Waals surface area contributed by atoms with Gasteiger partial charge in [-0.15, -0.1) is 0 Å². The number of hydrogen-bond acceptors (Lipinski definition) is 3. The Morgan fingerprint density at radius 3 is 2.71 bits per heavy atom. The van der Waals surface area contributed by atoms with Crippen LogP contribution in [-0.2, 0) is 16.0 Å². The maximum atomic E-state index is 12.4. The van der Waals surface area contributed by atoms with E-state index in [1.165, 1.54) is 11.1 Å². The fourth-order valence-corrected chi connectivity index (χ4v) is 4.96. The van der Waals surface area contributed by atoms with Crippen LogP contribution in [0.1, 0.15) is 49.1 Å². The Morgan fingerprint density at radius 1 is 1.21 bits per heavy atom. The van der Waals surface area contributed by atoms with Gasteiger partial charge in [-0.25, -0.2) is 4.79 Å². The SMILES string of the molecule is O=C(NC(CC1CCCc2ccccc21)C(=O)O)C1CCSCC1. The lowest BCUT2D eigenvalue weighted by Crippen LogP contribution is -2.45. The van der Waals surface area contributed by atoms with E-state index in [9.17, 15) is 14.7 Å². The van der Waals surface area contributed by atoms with E-state index in [2.05, 4.69) is 17.4 Å². The highest BCUT2D eigenvalue weighted by Gasteiger charge is 2.30. The third-order valence-corrected chi connectivity index (χ3v) is 6.27. The topological polar surface area (TPSA) is 66.4 Å². The van der Waals surface area contributed by atoms with Crippen LogP contribution in [0.15, 0.2) is 24.3 Å². The largest absolute Gasteiger partial charge is 0.480 e. The van der Waals surface area contributed by atoms with Crippen molar-refractivity contribution >= 4 is 23.6 Å². The average Bonchev–Trinajstić information content (AvgIpc) is 2.62. The summed E-state index contributed by atoms with van der Waals surface area (Å²) in [7, 11) is 0. The summed E-state index contributed by atoms with van der Waals surface area (Å²) in [6, 6.07) is 7.51. The fourth-order valence-electron chi connectivity index (χ4n) is 3.85. The molecule has 1 saturated heterocycles. The standard InChI is InChI=1S/C19H25NO3S/c21-18(14-8-10-24-11-9-14)20-17(19(22)23)12-15-6-3-5-13-4-1-2-7-16(13)15/h1-2,4,7,14-15,17H,3,5-6,8-12H2,(H,20,21)(H,22,23). The summed E-state index contributed by atoms with van der Waals surface area (Å²) in [5.74, 6) is 1.19. The average molecular weight is 347 g/mol. The minimum atomic E-state index is -0.920. The van der Waals surface area contributed by atoms with Crippen LogP contribution in [0.4, 0.5) is 0 Å². The Labute approximate surface area is 147 Å². The number of nitrogens with one attached hydrogen (secondary N) is 1. The first-order valence-corrected chi connectivity index (χ1v) is 9.99. The van der Waals surface area contributed by atoms with E-state index in [0.717, 1.165) is 43.6 Å².